The van der Waals surface area contributed by atoms with E-state index in [1.54, 1.807) is 0 Å². The lowest BCUT2D eigenvalue weighted by Gasteiger charge is -1.90. The fraction of sp³-hybridized carbons (Fsp3) is 0.750. The Balaban J connectivity index is 0. The van der Waals surface area contributed by atoms with Gasteiger partial charge in [-0.1, -0.05) is 0 Å². The topological polar surface area (TPSA) is 89.3 Å². The second kappa shape index (κ2) is 6.39. The number of carboxylic acids is 1. The molecule has 0 aromatic carbocycles. The van der Waals surface area contributed by atoms with Gasteiger partial charge in [-0.05, 0) is 14.0 Å². The summed E-state index contributed by atoms with van der Waals surface area (Å²) in [7, 11) is 1.50. The van der Waals surface area contributed by atoms with Crippen LogP contribution in [-0.2, 0) is 4.79 Å². The lowest BCUT2D eigenvalue weighted by molar-refractivity contribution is -0.138. The summed E-state index contributed by atoms with van der Waals surface area (Å²) in [4.78, 5) is 9.57. The Morgan fingerprint density at radius 3 is 1.75 bits per heavy atom. The number of carbonyl (C=O) groups is 1. The minimum Gasteiger partial charge on any atom is -0.480 e. The maximum Gasteiger partial charge on any atom is 0.320 e. The van der Waals surface area contributed by atoms with Crippen molar-refractivity contribution in [2.45, 2.75) is 13.0 Å². The Morgan fingerprint density at radius 2 is 1.75 bits per heavy atom. The lowest BCUT2D eigenvalue weighted by Crippen LogP contribution is -2.25. The largest absolute Gasteiger partial charge is 0.480 e. The van der Waals surface area contributed by atoms with Crippen molar-refractivity contribution in [1.29, 1.82) is 0 Å². The van der Waals surface area contributed by atoms with Gasteiger partial charge in [0, 0.05) is 0 Å². The van der Waals surface area contributed by atoms with Crippen molar-refractivity contribution in [1.82, 2.24) is 0 Å². The second-order valence-electron chi connectivity index (χ2n) is 1.13. The number of hydrogen-bond acceptors (Lipinski definition) is 3. The van der Waals surface area contributed by atoms with Crippen molar-refractivity contribution in [3.8, 4) is 0 Å². The SMILES string of the molecule is CN.C[C@H](N)C(=O)O. The van der Waals surface area contributed by atoms with E-state index < -0.39 is 12.0 Å². The van der Waals surface area contributed by atoms with Crippen molar-refractivity contribution in [2.75, 3.05) is 7.05 Å². The fourth-order valence-corrected chi connectivity index (χ4v) is 0. The molecular formula is C4H12N2O2. The van der Waals surface area contributed by atoms with Gasteiger partial charge < -0.3 is 16.6 Å². The Labute approximate surface area is 48.5 Å². The number of hydrogen-bond donors (Lipinski definition) is 3. The molecule has 0 amide bonds. The average molecular weight is 120 g/mol. The van der Waals surface area contributed by atoms with Gasteiger partial charge in [-0.3, -0.25) is 4.79 Å². The van der Waals surface area contributed by atoms with Crippen LogP contribution in [0, 0.1) is 0 Å². The monoisotopic (exact) mass is 120 g/mol. The van der Waals surface area contributed by atoms with Crippen LogP contribution in [0.4, 0.5) is 0 Å². The van der Waals surface area contributed by atoms with Crippen LogP contribution in [0.1, 0.15) is 6.92 Å². The molecular weight excluding hydrogens is 108 g/mol. The molecule has 0 aromatic heterocycles. The third-order valence-electron chi connectivity index (χ3n) is 0.390. The summed E-state index contributed by atoms with van der Waals surface area (Å²) in [5, 5.41) is 7.87. The highest BCUT2D eigenvalue weighted by atomic mass is 16.4. The van der Waals surface area contributed by atoms with Crippen molar-refractivity contribution < 1.29 is 9.90 Å². The predicted molar refractivity (Wildman–Crippen MR) is 31.4 cm³/mol. The molecule has 4 heteroatoms. The molecule has 50 valence electrons. The number of nitrogens with two attached hydrogens (primary N) is 2. The molecule has 0 fully saturated rings. The zero-order valence-electron chi connectivity index (χ0n) is 5.09. The first kappa shape index (κ1) is 10.4. The standard InChI is InChI=1S/C3H7NO2.CH5N/c1-2(4)3(5)6;1-2/h2H,4H2,1H3,(H,5,6);2H2,1H3/t2-;/m0./s1. The van der Waals surface area contributed by atoms with E-state index in [9.17, 15) is 4.79 Å². The Kier molecular flexibility index (Phi) is 8.30. The zero-order valence-corrected chi connectivity index (χ0v) is 5.09. The summed E-state index contributed by atoms with van der Waals surface area (Å²) < 4.78 is 0. The van der Waals surface area contributed by atoms with Crippen LogP contribution in [0.5, 0.6) is 0 Å². The molecule has 0 aliphatic heterocycles. The van der Waals surface area contributed by atoms with Gasteiger partial charge in [-0.15, -0.1) is 0 Å². The van der Waals surface area contributed by atoms with Crippen molar-refractivity contribution >= 4 is 5.97 Å². The highest BCUT2D eigenvalue weighted by Gasteiger charge is 1.99. The first-order chi connectivity index (χ1) is 3.64. The Hall–Kier alpha value is -0.610. The summed E-state index contributed by atoms with van der Waals surface area (Å²) in [6, 6.07) is -0.731. The minimum atomic E-state index is -0.963. The molecule has 0 aliphatic carbocycles. The molecule has 4 nitrogen and oxygen atoms in total. The summed E-state index contributed by atoms with van der Waals surface area (Å²) >= 11 is 0. The van der Waals surface area contributed by atoms with Gasteiger partial charge in [0.05, 0.1) is 0 Å². The maximum atomic E-state index is 9.57. The average Bonchev–Trinajstić information content (AvgIpc) is 1.72. The van der Waals surface area contributed by atoms with E-state index in [1.807, 2.05) is 0 Å². The van der Waals surface area contributed by atoms with E-state index >= 15 is 0 Å². The summed E-state index contributed by atoms with van der Waals surface area (Å²) in [6.07, 6.45) is 0. The van der Waals surface area contributed by atoms with Crippen LogP contribution in [0.15, 0.2) is 0 Å². The molecule has 5 N–H and O–H groups in total. The molecule has 0 unspecified atom stereocenters. The van der Waals surface area contributed by atoms with Gasteiger partial charge in [-0.2, -0.15) is 0 Å². The van der Waals surface area contributed by atoms with Gasteiger partial charge in [0.2, 0.25) is 0 Å². The van der Waals surface area contributed by atoms with E-state index in [-0.39, 0.29) is 0 Å². The van der Waals surface area contributed by atoms with Gasteiger partial charge >= 0.3 is 5.97 Å². The molecule has 0 heterocycles. The molecule has 0 spiro atoms. The lowest BCUT2D eigenvalue weighted by atomic mass is 10.4. The molecule has 0 saturated carbocycles. The van der Waals surface area contributed by atoms with Gasteiger partial charge in [-0.25, -0.2) is 0 Å². The van der Waals surface area contributed by atoms with Crippen molar-refractivity contribution in [3.63, 3.8) is 0 Å². The van der Waals surface area contributed by atoms with E-state index in [1.165, 1.54) is 14.0 Å². The van der Waals surface area contributed by atoms with Gasteiger partial charge in [0.1, 0.15) is 6.04 Å². The normalized spacial score (nSPS) is 11.0. The van der Waals surface area contributed by atoms with Crippen LogP contribution in [0.3, 0.4) is 0 Å². The minimum absolute atomic E-state index is 0.731. The number of aliphatic carboxylic acids is 1. The van der Waals surface area contributed by atoms with Crippen molar-refractivity contribution in [2.24, 2.45) is 11.5 Å². The quantitative estimate of drug-likeness (QED) is 0.413. The molecule has 0 rings (SSSR count). The van der Waals surface area contributed by atoms with Gasteiger partial charge in [0.25, 0.3) is 0 Å². The third kappa shape index (κ3) is 9.04. The Morgan fingerprint density at radius 1 is 1.62 bits per heavy atom. The maximum absolute atomic E-state index is 9.57. The number of carboxylic acid groups (broad SMARTS) is 1. The fourth-order valence-electron chi connectivity index (χ4n) is 0. The van der Waals surface area contributed by atoms with E-state index in [4.69, 9.17) is 10.8 Å². The molecule has 0 aliphatic rings. The van der Waals surface area contributed by atoms with Crippen LogP contribution in [0.2, 0.25) is 0 Å². The highest BCUT2D eigenvalue weighted by molar-refractivity contribution is 5.72. The zero-order chi connectivity index (χ0) is 7.15. The molecule has 1 atom stereocenters. The van der Waals surface area contributed by atoms with E-state index in [0.717, 1.165) is 0 Å². The molecule has 0 radical (unpaired) electrons. The third-order valence-corrected chi connectivity index (χ3v) is 0.390. The first-order valence-electron chi connectivity index (χ1n) is 2.20. The first-order valence-corrected chi connectivity index (χ1v) is 2.20. The number of rotatable bonds is 1. The molecule has 8 heavy (non-hydrogen) atoms. The molecule has 0 aromatic rings. The van der Waals surface area contributed by atoms with Gasteiger partial charge in [0.15, 0.2) is 0 Å². The highest BCUT2D eigenvalue weighted by Crippen LogP contribution is 1.68. The second-order valence-corrected chi connectivity index (χ2v) is 1.13. The van der Waals surface area contributed by atoms with Crippen LogP contribution < -0.4 is 11.5 Å². The van der Waals surface area contributed by atoms with Crippen LogP contribution >= 0.6 is 0 Å². The van der Waals surface area contributed by atoms with Crippen LogP contribution in [0.25, 0.3) is 0 Å². The predicted octanol–water partition coefficient (Wildman–Crippen LogP) is -1.01. The summed E-state index contributed by atoms with van der Waals surface area (Å²) in [6.45, 7) is 1.42. The van der Waals surface area contributed by atoms with Crippen molar-refractivity contribution in [3.05, 3.63) is 0 Å². The summed E-state index contributed by atoms with van der Waals surface area (Å²) in [5.41, 5.74) is 9.34. The molecule has 0 saturated heterocycles. The van der Waals surface area contributed by atoms with E-state index in [0.29, 0.717) is 0 Å². The van der Waals surface area contributed by atoms with Crippen LogP contribution in [-0.4, -0.2) is 24.2 Å². The Bertz CT molecular complexity index is 63.1. The van der Waals surface area contributed by atoms with E-state index in [2.05, 4.69) is 5.73 Å². The smallest absolute Gasteiger partial charge is 0.320 e. The summed E-state index contributed by atoms with van der Waals surface area (Å²) in [5.74, 6) is -0.963. The molecule has 0 bridgehead atoms.